The fourth-order valence-corrected chi connectivity index (χ4v) is 2.94. The van der Waals surface area contributed by atoms with Gasteiger partial charge in [-0.2, -0.15) is 0 Å². The number of esters is 1. The fraction of sp³-hybridized carbons (Fsp3) is 0.462. The van der Waals surface area contributed by atoms with Crippen LogP contribution in [0.5, 0.6) is 0 Å². The van der Waals surface area contributed by atoms with Crippen molar-refractivity contribution in [2.24, 2.45) is 5.14 Å². The Morgan fingerprint density at radius 2 is 2.20 bits per heavy atom. The Labute approximate surface area is 118 Å². The maximum Gasteiger partial charge on any atom is 0.305 e. The molecule has 0 aromatic heterocycles. The summed E-state index contributed by atoms with van der Waals surface area (Å²) in [5, 5.41) is 5.12. The fourth-order valence-electron chi connectivity index (χ4n) is 2.37. The molecular weight excluding hydrogens is 280 g/mol. The molecule has 0 amide bonds. The molecule has 20 heavy (non-hydrogen) atoms. The molecular formula is C13H18N2O4S. The highest BCUT2D eigenvalue weighted by molar-refractivity contribution is 7.89. The Morgan fingerprint density at radius 1 is 1.45 bits per heavy atom. The Morgan fingerprint density at radius 3 is 2.85 bits per heavy atom. The third-order valence-corrected chi connectivity index (χ3v) is 4.32. The van der Waals surface area contributed by atoms with Gasteiger partial charge in [-0.1, -0.05) is 0 Å². The summed E-state index contributed by atoms with van der Waals surface area (Å²) >= 11 is 0. The van der Waals surface area contributed by atoms with E-state index in [1.165, 1.54) is 13.2 Å². The van der Waals surface area contributed by atoms with Crippen molar-refractivity contribution in [1.82, 2.24) is 0 Å². The summed E-state index contributed by atoms with van der Waals surface area (Å²) in [7, 11) is -2.28. The second kappa shape index (κ2) is 5.80. The molecule has 0 spiro atoms. The number of primary sulfonamides is 1. The van der Waals surface area contributed by atoms with Crippen molar-refractivity contribution in [1.29, 1.82) is 0 Å². The summed E-state index contributed by atoms with van der Waals surface area (Å²) in [5.41, 5.74) is 2.00. The summed E-state index contributed by atoms with van der Waals surface area (Å²) < 4.78 is 27.2. The lowest BCUT2D eigenvalue weighted by Gasteiger charge is -2.19. The number of benzene rings is 1. The summed E-state index contributed by atoms with van der Waals surface area (Å²) in [6.07, 6.45) is 1.89. The topological polar surface area (TPSA) is 89.7 Å². The van der Waals surface area contributed by atoms with Gasteiger partial charge < -0.3 is 9.64 Å². The molecule has 0 saturated carbocycles. The van der Waals surface area contributed by atoms with Gasteiger partial charge in [-0.05, 0) is 36.6 Å². The molecule has 1 heterocycles. The molecule has 1 aromatic rings. The second-order valence-electron chi connectivity index (χ2n) is 4.75. The van der Waals surface area contributed by atoms with E-state index in [-0.39, 0.29) is 10.9 Å². The first-order chi connectivity index (χ1) is 9.41. The van der Waals surface area contributed by atoms with Crippen LogP contribution in [0.4, 0.5) is 5.69 Å². The second-order valence-corrected chi connectivity index (χ2v) is 6.31. The van der Waals surface area contributed by atoms with Gasteiger partial charge in [0.05, 0.1) is 12.0 Å². The van der Waals surface area contributed by atoms with Crippen molar-refractivity contribution < 1.29 is 17.9 Å². The van der Waals surface area contributed by atoms with Crippen LogP contribution < -0.4 is 10.0 Å². The van der Waals surface area contributed by atoms with E-state index in [0.717, 1.165) is 30.8 Å². The van der Waals surface area contributed by atoms with E-state index in [4.69, 9.17) is 5.14 Å². The van der Waals surface area contributed by atoms with Crippen molar-refractivity contribution >= 4 is 21.7 Å². The van der Waals surface area contributed by atoms with Crippen LogP contribution in [0.15, 0.2) is 23.1 Å². The van der Waals surface area contributed by atoms with Crippen LogP contribution >= 0.6 is 0 Å². The zero-order valence-corrected chi connectivity index (χ0v) is 12.1. The number of nitrogens with two attached hydrogens (primary N) is 1. The highest BCUT2D eigenvalue weighted by Gasteiger charge is 2.21. The van der Waals surface area contributed by atoms with Gasteiger partial charge in [-0.3, -0.25) is 4.79 Å². The van der Waals surface area contributed by atoms with Gasteiger partial charge >= 0.3 is 5.97 Å². The molecule has 1 aliphatic rings. The molecule has 0 saturated heterocycles. The highest BCUT2D eigenvalue weighted by atomic mass is 32.2. The minimum atomic E-state index is -3.65. The van der Waals surface area contributed by atoms with Gasteiger partial charge in [-0.25, -0.2) is 13.6 Å². The molecule has 0 atom stereocenters. The number of anilines is 1. The average molecular weight is 298 g/mol. The van der Waals surface area contributed by atoms with E-state index in [1.807, 2.05) is 0 Å². The molecule has 6 nitrogen and oxygen atoms in total. The summed E-state index contributed by atoms with van der Waals surface area (Å²) in [6.45, 7) is 1.57. The lowest BCUT2D eigenvalue weighted by Crippen LogP contribution is -2.22. The first-order valence-electron chi connectivity index (χ1n) is 6.39. The van der Waals surface area contributed by atoms with E-state index >= 15 is 0 Å². The minimum absolute atomic E-state index is 0.146. The summed E-state index contributed by atoms with van der Waals surface area (Å²) in [5.74, 6) is -0.214. The summed E-state index contributed by atoms with van der Waals surface area (Å²) in [6, 6.07) is 4.93. The van der Waals surface area contributed by atoms with Gasteiger partial charge in [0.25, 0.3) is 0 Å². The number of methoxy groups -OCH3 is 1. The van der Waals surface area contributed by atoms with Crippen LogP contribution in [0.3, 0.4) is 0 Å². The van der Waals surface area contributed by atoms with E-state index in [0.29, 0.717) is 12.8 Å². The van der Waals surface area contributed by atoms with Crippen LogP contribution in [0, 0.1) is 0 Å². The molecule has 0 radical (unpaired) electrons. The summed E-state index contributed by atoms with van der Waals surface area (Å²) in [4.78, 5) is 13.4. The number of nitrogens with zero attached hydrogens (tertiary/aromatic N) is 1. The van der Waals surface area contributed by atoms with Crippen LogP contribution in [0.1, 0.15) is 18.4 Å². The van der Waals surface area contributed by atoms with Gasteiger partial charge in [0.1, 0.15) is 0 Å². The zero-order chi connectivity index (χ0) is 14.8. The van der Waals surface area contributed by atoms with Crippen molar-refractivity contribution in [3.8, 4) is 0 Å². The van der Waals surface area contributed by atoms with Crippen molar-refractivity contribution in [2.75, 3.05) is 25.1 Å². The highest BCUT2D eigenvalue weighted by Crippen LogP contribution is 2.30. The third-order valence-electron chi connectivity index (χ3n) is 3.41. The maximum atomic E-state index is 11.3. The monoisotopic (exact) mass is 298 g/mol. The number of fused-ring (bicyclic) bond motifs is 1. The molecule has 2 rings (SSSR count). The van der Waals surface area contributed by atoms with Crippen molar-refractivity contribution in [2.45, 2.75) is 24.2 Å². The quantitative estimate of drug-likeness (QED) is 0.806. The number of carbonyl (C=O) groups excluding carboxylic acids is 1. The van der Waals surface area contributed by atoms with Crippen molar-refractivity contribution in [3.05, 3.63) is 23.8 Å². The minimum Gasteiger partial charge on any atom is -0.469 e. The lowest BCUT2D eigenvalue weighted by molar-refractivity contribution is -0.140. The van der Waals surface area contributed by atoms with E-state index in [9.17, 15) is 13.2 Å². The standard InChI is InChI=1S/C13H18N2O4S/c1-19-13(16)3-2-7-15-8-6-10-9-11(20(14,17)18)4-5-12(10)15/h4-5,9H,2-3,6-8H2,1H3,(H2,14,17,18). The molecule has 2 N–H and O–H groups in total. The smallest absolute Gasteiger partial charge is 0.305 e. The van der Waals surface area contributed by atoms with Crippen molar-refractivity contribution in [3.63, 3.8) is 0 Å². The van der Waals surface area contributed by atoms with Crippen LogP contribution in [0.2, 0.25) is 0 Å². The number of rotatable bonds is 5. The Kier molecular flexibility index (Phi) is 4.29. The largest absolute Gasteiger partial charge is 0.469 e. The van der Waals surface area contributed by atoms with E-state index < -0.39 is 10.0 Å². The Hall–Kier alpha value is -1.60. The van der Waals surface area contributed by atoms with Gasteiger partial charge in [0, 0.05) is 25.2 Å². The molecule has 0 fully saturated rings. The van der Waals surface area contributed by atoms with Crippen LogP contribution in [0.25, 0.3) is 0 Å². The normalized spacial score (nSPS) is 14.2. The maximum absolute atomic E-state index is 11.3. The lowest BCUT2D eigenvalue weighted by atomic mass is 10.2. The first-order valence-corrected chi connectivity index (χ1v) is 7.94. The van der Waals surface area contributed by atoms with Gasteiger partial charge in [0.2, 0.25) is 10.0 Å². The molecule has 0 aliphatic carbocycles. The number of sulfonamides is 1. The van der Waals surface area contributed by atoms with E-state index in [2.05, 4.69) is 9.64 Å². The number of hydrogen-bond donors (Lipinski definition) is 1. The molecule has 7 heteroatoms. The predicted molar refractivity (Wildman–Crippen MR) is 75.0 cm³/mol. The van der Waals surface area contributed by atoms with Crippen LogP contribution in [-0.2, 0) is 26.0 Å². The number of ether oxygens (including phenoxy) is 1. The van der Waals surface area contributed by atoms with E-state index in [1.54, 1.807) is 12.1 Å². The predicted octanol–water partition coefficient (Wildman–Crippen LogP) is 0.650. The number of hydrogen-bond acceptors (Lipinski definition) is 5. The zero-order valence-electron chi connectivity index (χ0n) is 11.3. The SMILES string of the molecule is COC(=O)CCCN1CCc2cc(S(N)(=O)=O)ccc21. The molecule has 110 valence electrons. The molecule has 0 unspecified atom stereocenters. The van der Waals surface area contributed by atoms with Crippen LogP contribution in [-0.4, -0.2) is 34.6 Å². The average Bonchev–Trinajstić information content (AvgIpc) is 2.80. The number of carbonyl (C=O) groups is 1. The third kappa shape index (κ3) is 3.29. The van der Waals surface area contributed by atoms with Gasteiger partial charge in [-0.15, -0.1) is 0 Å². The first kappa shape index (κ1) is 14.8. The molecule has 1 aliphatic heterocycles. The molecule has 1 aromatic carbocycles. The Balaban J connectivity index is 2.04. The molecule has 0 bridgehead atoms. The van der Waals surface area contributed by atoms with Gasteiger partial charge in [0.15, 0.2) is 0 Å². The Bertz CT molecular complexity index is 613.